The molecule has 0 aliphatic heterocycles. The van der Waals surface area contributed by atoms with Crippen molar-refractivity contribution in [3.8, 4) is 0 Å². The SMILES string of the molecule is CNCCCc1ccc2ccn(CC3CC3)c2c1. The summed E-state index contributed by atoms with van der Waals surface area (Å²) in [4.78, 5) is 0. The van der Waals surface area contributed by atoms with Crippen LogP contribution in [-0.4, -0.2) is 18.2 Å². The summed E-state index contributed by atoms with van der Waals surface area (Å²) in [7, 11) is 2.02. The fourth-order valence-electron chi connectivity index (χ4n) is 2.59. The highest BCUT2D eigenvalue weighted by Crippen LogP contribution is 2.32. The zero-order chi connectivity index (χ0) is 12.4. The molecule has 1 saturated carbocycles. The molecule has 0 saturated heterocycles. The van der Waals surface area contributed by atoms with Crippen molar-refractivity contribution in [3.63, 3.8) is 0 Å². The predicted molar refractivity (Wildman–Crippen MR) is 76.9 cm³/mol. The highest BCUT2D eigenvalue weighted by molar-refractivity contribution is 5.80. The topological polar surface area (TPSA) is 17.0 Å². The van der Waals surface area contributed by atoms with E-state index in [4.69, 9.17) is 0 Å². The molecule has 2 nitrogen and oxygen atoms in total. The Kier molecular flexibility index (Phi) is 3.37. The van der Waals surface area contributed by atoms with Crippen molar-refractivity contribution in [2.24, 2.45) is 5.92 Å². The van der Waals surface area contributed by atoms with Crippen LogP contribution >= 0.6 is 0 Å². The van der Waals surface area contributed by atoms with Crippen LogP contribution in [-0.2, 0) is 13.0 Å². The number of nitrogens with one attached hydrogen (secondary N) is 1. The van der Waals surface area contributed by atoms with E-state index < -0.39 is 0 Å². The Balaban J connectivity index is 1.79. The van der Waals surface area contributed by atoms with E-state index in [9.17, 15) is 0 Å². The number of hydrogen-bond donors (Lipinski definition) is 1. The maximum atomic E-state index is 3.21. The second kappa shape index (κ2) is 5.15. The summed E-state index contributed by atoms with van der Waals surface area (Å²) in [6.45, 7) is 2.31. The van der Waals surface area contributed by atoms with Gasteiger partial charge in [-0.1, -0.05) is 12.1 Å². The molecule has 1 aliphatic carbocycles. The van der Waals surface area contributed by atoms with Crippen LogP contribution in [0, 0.1) is 5.92 Å². The zero-order valence-corrected chi connectivity index (χ0v) is 11.2. The third-order valence-corrected chi connectivity index (χ3v) is 3.88. The minimum Gasteiger partial charge on any atom is -0.347 e. The highest BCUT2D eigenvalue weighted by Gasteiger charge is 2.21. The van der Waals surface area contributed by atoms with E-state index in [2.05, 4.69) is 40.3 Å². The normalized spacial score (nSPS) is 15.4. The summed E-state index contributed by atoms with van der Waals surface area (Å²) >= 11 is 0. The molecule has 1 aliphatic rings. The summed E-state index contributed by atoms with van der Waals surface area (Å²) in [5.74, 6) is 0.938. The Labute approximate surface area is 109 Å². The van der Waals surface area contributed by atoms with Gasteiger partial charge in [0.25, 0.3) is 0 Å². The first-order chi connectivity index (χ1) is 8.86. The van der Waals surface area contributed by atoms with E-state index in [1.54, 1.807) is 0 Å². The maximum absolute atomic E-state index is 3.21. The molecule has 1 fully saturated rings. The lowest BCUT2D eigenvalue weighted by molar-refractivity contribution is 0.647. The summed E-state index contributed by atoms with van der Waals surface area (Å²) in [5.41, 5.74) is 2.89. The molecule has 2 heteroatoms. The smallest absolute Gasteiger partial charge is 0.0483 e. The number of rotatable bonds is 6. The van der Waals surface area contributed by atoms with Crippen LogP contribution in [0.15, 0.2) is 30.5 Å². The van der Waals surface area contributed by atoms with E-state index in [0.29, 0.717) is 0 Å². The number of nitrogens with zero attached hydrogens (tertiary/aromatic N) is 1. The molecule has 0 radical (unpaired) electrons. The number of fused-ring (bicyclic) bond motifs is 1. The van der Waals surface area contributed by atoms with Gasteiger partial charge in [-0.05, 0) is 68.3 Å². The van der Waals surface area contributed by atoms with E-state index >= 15 is 0 Å². The predicted octanol–water partition coefficient (Wildman–Crippen LogP) is 3.20. The van der Waals surface area contributed by atoms with E-state index in [1.165, 1.54) is 48.7 Å². The minimum atomic E-state index is 0.938. The van der Waals surface area contributed by atoms with Crippen LogP contribution in [0.2, 0.25) is 0 Å². The largest absolute Gasteiger partial charge is 0.347 e. The quantitative estimate of drug-likeness (QED) is 0.770. The molecule has 0 bridgehead atoms. The van der Waals surface area contributed by atoms with Gasteiger partial charge in [0.1, 0.15) is 0 Å². The standard InChI is InChI=1S/C16H22N2/c1-17-9-2-3-13-6-7-15-8-10-18(16(15)11-13)12-14-4-5-14/h6-8,10-11,14,17H,2-5,9,12H2,1H3. The highest BCUT2D eigenvalue weighted by atomic mass is 15.0. The molecule has 0 unspecified atom stereocenters. The van der Waals surface area contributed by atoms with Crippen molar-refractivity contribution in [1.82, 2.24) is 9.88 Å². The van der Waals surface area contributed by atoms with Crippen LogP contribution < -0.4 is 5.32 Å². The van der Waals surface area contributed by atoms with E-state index in [1.807, 2.05) is 7.05 Å². The van der Waals surface area contributed by atoms with Gasteiger partial charge >= 0.3 is 0 Å². The Hall–Kier alpha value is -1.28. The van der Waals surface area contributed by atoms with Crippen molar-refractivity contribution >= 4 is 10.9 Å². The number of aromatic nitrogens is 1. The second-order valence-corrected chi connectivity index (χ2v) is 5.51. The molecule has 1 aromatic heterocycles. The Bertz CT molecular complexity index is 523. The number of aryl methyl sites for hydroxylation is 1. The lowest BCUT2D eigenvalue weighted by atomic mass is 10.1. The average molecular weight is 242 g/mol. The van der Waals surface area contributed by atoms with Crippen molar-refractivity contribution < 1.29 is 0 Å². The molecule has 1 heterocycles. The van der Waals surface area contributed by atoms with Gasteiger partial charge in [-0.3, -0.25) is 0 Å². The molecule has 0 spiro atoms. The molecule has 1 N–H and O–H groups in total. The van der Waals surface area contributed by atoms with Gasteiger partial charge in [0.15, 0.2) is 0 Å². The lowest BCUT2D eigenvalue weighted by Gasteiger charge is -2.06. The first kappa shape index (κ1) is 11.8. The van der Waals surface area contributed by atoms with Gasteiger partial charge in [-0.15, -0.1) is 0 Å². The summed E-state index contributed by atoms with van der Waals surface area (Å²) in [6, 6.07) is 9.18. The van der Waals surface area contributed by atoms with Crippen molar-refractivity contribution in [3.05, 3.63) is 36.0 Å². The molecule has 1 aromatic carbocycles. The van der Waals surface area contributed by atoms with Gasteiger partial charge in [0.05, 0.1) is 0 Å². The maximum Gasteiger partial charge on any atom is 0.0483 e. The van der Waals surface area contributed by atoms with Gasteiger partial charge in [0, 0.05) is 18.3 Å². The molecular formula is C16H22N2. The van der Waals surface area contributed by atoms with Gasteiger partial charge in [0.2, 0.25) is 0 Å². The molecule has 18 heavy (non-hydrogen) atoms. The van der Waals surface area contributed by atoms with Crippen LogP contribution in [0.3, 0.4) is 0 Å². The monoisotopic (exact) mass is 242 g/mol. The van der Waals surface area contributed by atoms with Crippen molar-refractivity contribution in [1.29, 1.82) is 0 Å². The third kappa shape index (κ3) is 2.59. The summed E-state index contributed by atoms with van der Waals surface area (Å²) < 4.78 is 2.44. The second-order valence-electron chi connectivity index (χ2n) is 5.51. The van der Waals surface area contributed by atoms with Gasteiger partial charge in [-0.25, -0.2) is 0 Å². The Morgan fingerprint density at radius 3 is 2.94 bits per heavy atom. The van der Waals surface area contributed by atoms with Crippen LogP contribution in [0.4, 0.5) is 0 Å². The van der Waals surface area contributed by atoms with Crippen molar-refractivity contribution in [2.45, 2.75) is 32.2 Å². The van der Waals surface area contributed by atoms with Crippen LogP contribution in [0.25, 0.3) is 10.9 Å². The Morgan fingerprint density at radius 2 is 2.17 bits per heavy atom. The summed E-state index contributed by atoms with van der Waals surface area (Å²) in [5, 5.41) is 4.59. The molecule has 2 aromatic rings. The average Bonchev–Trinajstić information content (AvgIpc) is 3.11. The summed E-state index contributed by atoms with van der Waals surface area (Å²) in [6.07, 6.45) is 7.47. The zero-order valence-electron chi connectivity index (χ0n) is 11.2. The fraction of sp³-hybridized carbons (Fsp3) is 0.500. The number of hydrogen-bond acceptors (Lipinski definition) is 1. The molecule has 0 amide bonds. The fourth-order valence-corrected chi connectivity index (χ4v) is 2.59. The van der Waals surface area contributed by atoms with Crippen molar-refractivity contribution in [2.75, 3.05) is 13.6 Å². The Morgan fingerprint density at radius 1 is 1.28 bits per heavy atom. The lowest BCUT2D eigenvalue weighted by Crippen LogP contribution is -2.08. The minimum absolute atomic E-state index is 0.938. The molecule has 3 rings (SSSR count). The molecular weight excluding hydrogens is 220 g/mol. The first-order valence-electron chi connectivity index (χ1n) is 7.09. The van der Waals surface area contributed by atoms with Crippen LogP contribution in [0.1, 0.15) is 24.8 Å². The van der Waals surface area contributed by atoms with E-state index in [0.717, 1.165) is 12.5 Å². The van der Waals surface area contributed by atoms with E-state index in [-0.39, 0.29) is 0 Å². The molecule has 0 atom stereocenters. The third-order valence-electron chi connectivity index (χ3n) is 3.88. The van der Waals surface area contributed by atoms with Gasteiger partial charge in [-0.2, -0.15) is 0 Å². The van der Waals surface area contributed by atoms with Gasteiger partial charge < -0.3 is 9.88 Å². The number of benzene rings is 1. The molecule has 96 valence electrons. The first-order valence-corrected chi connectivity index (χ1v) is 7.09. The van der Waals surface area contributed by atoms with Crippen LogP contribution in [0.5, 0.6) is 0 Å².